The van der Waals surface area contributed by atoms with Gasteiger partial charge in [-0.25, -0.2) is 13.2 Å². The van der Waals surface area contributed by atoms with Crippen LogP contribution in [0.15, 0.2) is 51.8 Å². The molecule has 2 aromatic carbocycles. The lowest BCUT2D eigenvalue weighted by Crippen LogP contribution is -2.14. The van der Waals surface area contributed by atoms with Gasteiger partial charge < -0.3 is 4.42 Å². The highest BCUT2D eigenvalue weighted by molar-refractivity contribution is 8.00. The number of carbonyl (C=O) groups is 1. The van der Waals surface area contributed by atoms with E-state index in [1.54, 1.807) is 12.1 Å². The summed E-state index contributed by atoms with van der Waals surface area (Å²) in [5.41, 5.74) is -0.0740. The Morgan fingerprint density at radius 3 is 2.48 bits per heavy atom. The van der Waals surface area contributed by atoms with E-state index in [-0.39, 0.29) is 29.0 Å². The van der Waals surface area contributed by atoms with Crippen molar-refractivity contribution in [2.24, 2.45) is 0 Å². The van der Waals surface area contributed by atoms with E-state index in [0.29, 0.717) is 6.07 Å². The summed E-state index contributed by atoms with van der Waals surface area (Å²) in [6, 6.07) is 8.39. The van der Waals surface area contributed by atoms with E-state index in [2.05, 4.69) is 15.5 Å². The topological polar surface area (TPSA) is 68.0 Å². The van der Waals surface area contributed by atoms with E-state index < -0.39 is 17.5 Å². The molecule has 0 saturated heterocycles. The number of anilines is 1. The van der Waals surface area contributed by atoms with Gasteiger partial charge in [-0.1, -0.05) is 5.10 Å². The van der Waals surface area contributed by atoms with Crippen molar-refractivity contribution >= 4 is 23.7 Å². The van der Waals surface area contributed by atoms with Gasteiger partial charge in [-0.3, -0.25) is 10.1 Å². The van der Waals surface area contributed by atoms with Crippen molar-refractivity contribution in [2.75, 3.05) is 11.1 Å². The number of hydrogen-bond acceptors (Lipinski definition) is 5. The number of nitrogens with one attached hydrogen (secondary N) is 1. The standard InChI is InChI=1S/C16H10F3N3O2S/c17-9-1-4-11(5-2-9)25-8-14(23)20-16-22-21-15(24-16)12-6-3-10(18)7-13(12)19/h1-7H,8H2,(H,20,22,23). The quantitative estimate of drug-likeness (QED) is 0.695. The summed E-state index contributed by atoms with van der Waals surface area (Å²) in [7, 11) is 0. The number of thioether (sulfide) groups is 1. The van der Waals surface area contributed by atoms with Crippen LogP contribution in [0.4, 0.5) is 19.2 Å². The summed E-state index contributed by atoms with van der Waals surface area (Å²) in [5, 5.41) is 9.58. The Bertz CT molecular complexity index is 900. The SMILES string of the molecule is O=C(CSc1ccc(F)cc1)Nc1nnc(-c2ccc(F)cc2F)o1. The normalized spacial score (nSPS) is 10.7. The van der Waals surface area contributed by atoms with Gasteiger partial charge in [-0.2, -0.15) is 0 Å². The largest absolute Gasteiger partial charge is 0.403 e. The van der Waals surface area contributed by atoms with E-state index >= 15 is 0 Å². The lowest BCUT2D eigenvalue weighted by molar-refractivity contribution is -0.113. The molecule has 0 bridgehead atoms. The van der Waals surface area contributed by atoms with Crippen LogP contribution in [0.5, 0.6) is 0 Å². The molecule has 0 aliphatic rings. The van der Waals surface area contributed by atoms with Crippen molar-refractivity contribution < 1.29 is 22.4 Å². The number of carbonyl (C=O) groups excluding carboxylic acids is 1. The minimum Gasteiger partial charge on any atom is -0.403 e. The van der Waals surface area contributed by atoms with Crippen molar-refractivity contribution in [1.82, 2.24) is 10.2 Å². The molecule has 0 saturated carbocycles. The summed E-state index contributed by atoms with van der Waals surface area (Å²) in [4.78, 5) is 12.6. The van der Waals surface area contributed by atoms with Crippen LogP contribution in [0.1, 0.15) is 0 Å². The summed E-state index contributed by atoms with van der Waals surface area (Å²) >= 11 is 1.19. The average molecular weight is 365 g/mol. The average Bonchev–Trinajstić information content (AvgIpc) is 3.02. The van der Waals surface area contributed by atoms with Crippen molar-refractivity contribution in [2.45, 2.75) is 4.90 Å². The molecule has 1 amide bonds. The maximum atomic E-state index is 13.7. The second-order valence-electron chi connectivity index (χ2n) is 4.83. The second kappa shape index (κ2) is 7.39. The molecule has 128 valence electrons. The zero-order chi connectivity index (χ0) is 17.8. The summed E-state index contributed by atoms with van der Waals surface area (Å²) in [6.07, 6.45) is 0. The van der Waals surface area contributed by atoms with Crippen molar-refractivity contribution in [3.63, 3.8) is 0 Å². The van der Waals surface area contributed by atoms with Crippen LogP contribution in [-0.4, -0.2) is 21.9 Å². The van der Waals surface area contributed by atoms with Gasteiger partial charge >= 0.3 is 6.01 Å². The van der Waals surface area contributed by atoms with Gasteiger partial charge in [0.15, 0.2) is 0 Å². The summed E-state index contributed by atoms with van der Waals surface area (Å²) in [6.45, 7) is 0. The highest BCUT2D eigenvalue weighted by Crippen LogP contribution is 2.24. The molecule has 1 aromatic heterocycles. The second-order valence-corrected chi connectivity index (χ2v) is 5.88. The number of halogens is 3. The van der Waals surface area contributed by atoms with Crippen LogP contribution in [0.25, 0.3) is 11.5 Å². The van der Waals surface area contributed by atoms with Crippen LogP contribution >= 0.6 is 11.8 Å². The third kappa shape index (κ3) is 4.38. The Labute approximate surface area is 144 Å². The molecule has 0 aliphatic heterocycles. The Morgan fingerprint density at radius 2 is 1.76 bits per heavy atom. The lowest BCUT2D eigenvalue weighted by Gasteiger charge is -2.01. The van der Waals surface area contributed by atoms with Crippen LogP contribution in [0, 0.1) is 17.5 Å². The minimum atomic E-state index is -0.853. The first-order chi connectivity index (χ1) is 12.0. The first-order valence-corrected chi connectivity index (χ1v) is 7.97. The van der Waals surface area contributed by atoms with Gasteiger partial charge in [-0.05, 0) is 36.4 Å². The van der Waals surface area contributed by atoms with E-state index in [4.69, 9.17) is 4.42 Å². The molecule has 1 N–H and O–H groups in total. The van der Waals surface area contributed by atoms with Gasteiger partial charge in [-0.15, -0.1) is 16.9 Å². The van der Waals surface area contributed by atoms with Crippen LogP contribution in [-0.2, 0) is 4.79 Å². The number of benzene rings is 2. The van der Waals surface area contributed by atoms with E-state index in [1.165, 1.54) is 23.9 Å². The number of hydrogen-bond donors (Lipinski definition) is 1. The van der Waals surface area contributed by atoms with Gasteiger partial charge in [0.1, 0.15) is 17.5 Å². The molecule has 25 heavy (non-hydrogen) atoms. The van der Waals surface area contributed by atoms with Crippen molar-refractivity contribution in [1.29, 1.82) is 0 Å². The molecule has 1 heterocycles. The van der Waals surface area contributed by atoms with Gasteiger partial charge in [0.2, 0.25) is 5.91 Å². The summed E-state index contributed by atoms with van der Waals surface area (Å²) < 4.78 is 44.5. The fraction of sp³-hybridized carbons (Fsp3) is 0.0625. The van der Waals surface area contributed by atoms with Gasteiger partial charge in [0, 0.05) is 11.0 Å². The predicted molar refractivity (Wildman–Crippen MR) is 85.4 cm³/mol. The third-order valence-corrected chi connectivity index (χ3v) is 4.03. The number of nitrogens with zero attached hydrogens (tertiary/aromatic N) is 2. The van der Waals surface area contributed by atoms with E-state index in [9.17, 15) is 18.0 Å². The van der Waals surface area contributed by atoms with Crippen molar-refractivity contribution in [3.05, 3.63) is 59.9 Å². The Hall–Kier alpha value is -2.81. The first kappa shape index (κ1) is 17.0. The molecule has 3 aromatic rings. The molecule has 0 unspecified atom stereocenters. The monoisotopic (exact) mass is 365 g/mol. The van der Waals surface area contributed by atoms with Gasteiger partial charge in [0.25, 0.3) is 5.89 Å². The Kier molecular flexibility index (Phi) is 5.03. The molecule has 0 atom stereocenters. The molecular formula is C16H10F3N3O2S. The van der Waals surface area contributed by atoms with Crippen LogP contribution < -0.4 is 5.32 Å². The summed E-state index contributed by atoms with van der Waals surface area (Å²) in [5.74, 6) is -2.52. The molecule has 0 aliphatic carbocycles. The maximum absolute atomic E-state index is 13.7. The van der Waals surface area contributed by atoms with Crippen molar-refractivity contribution in [3.8, 4) is 11.5 Å². The Balaban J connectivity index is 1.60. The highest BCUT2D eigenvalue weighted by atomic mass is 32.2. The first-order valence-electron chi connectivity index (χ1n) is 6.98. The fourth-order valence-corrected chi connectivity index (χ4v) is 2.58. The molecule has 9 heteroatoms. The molecule has 3 rings (SSSR count). The van der Waals surface area contributed by atoms with E-state index in [1.807, 2.05) is 0 Å². The molecule has 0 radical (unpaired) electrons. The third-order valence-electron chi connectivity index (χ3n) is 3.02. The number of amides is 1. The minimum absolute atomic E-state index is 0.0360. The lowest BCUT2D eigenvalue weighted by atomic mass is 10.2. The highest BCUT2D eigenvalue weighted by Gasteiger charge is 2.15. The zero-order valence-electron chi connectivity index (χ0n) is 12.5. The predicted octanol–water partition coefficient (Wildman–Crippen LogP) is 3.88. The fourth-order valence-electron chi connectivity index (χ4n) is 1.88. The number of rotatable bonds is 5. The number of aromatic nitrogens is 2. The maximum Gasteiger partial charge on any atom is 0.322 e. The molecule has 5 nitrogen and oxygen atoms in total. The zero-order valence-corrected chi connectivity index (χ0v) is 13.3. The van der Waals surface area contributed by atoms with Crippen LogP contribution in [0.2, 0.25) is 0 Å². The van der Waals surface area contributed by atoms with Crippen LogP contribution in [0.3, 0.4) is 0 Å². The molecular weight excluding hydrogens is 355 g/mol. The smallest absolute Gasteiger partial charge is 0.322 e. The van der Waals surface area contributed by atoms with E-state index in [0.717, 1.165) is 17.0 Å². The molecule has 0 spiro atoms. The van der Waals surface area contributed by atoms with Gasteiger partial charge in [0.05, 0.1) is 11.3 Å². The Morgan fingerprint density at radius 1 is 1.04 bits per heavy atom. The molecule has 0 fully saturated rings.